The molecule has 5 aliphatic rings. The van der Waals surface area contributed by atoms with Gasteiger partial charge in [-0.1, -0.05) is 19.3 Å². The Hall–Kier alpha value is -0.271. The van der Waals surface area contributed by atoms with E-state index in [-0.39, 0.29) is 34.2 Å². The van der Waals surface area contributed by atoms with Crippen molar-refractivity contribution in [1.29, 1.82) is 0 Å². The Kier molecular flexibility index (Phi) is 4.76. The molecule has 0 saturated heterocycles. The van der Waals surface area contributed by atoms with Crippen LogP contribution in [-0.2, 0) is 21.9 Å². The van der Waals surface area contributed by atoms with Gasteiger partial charge in [0.2, 0.25) is 0 Å². The third-order valence-electron chi connectivity index (χ3n) is 6.87. The van der Waals surface area contributed by atoms with Crippen LogP contribution in [0.3, 0.4) is 0 Å². The number of allylic oxidation sites excluding steroid dienone is 2. The number of carbonyl (C=O) groups is 1. The first kappa shape index (κ1) is 16.6. The third kappa shape index (κ3) is 2.91. The number of hydrogen-bond donors (Lipinski definition) is 1. The molecule has 0 spiro atoms. The second-order valence-electron chi connectivity index (χ2n) is 8.46. The van der Waals surface area contributed by atoms with Gasteiger partial charge in [0.1, 0.15) is 5.76 Å². The zero-order valence-electron chi connectivity index (χ0n) is 13.4. The van der Waals surface area contributed by atoms with Crippen LogP contribution >= 0.6 is 0 Å². The van der Waals surface area contributed by atoms with Crippen molar-refractivity contribution in [2.24, 2.45) is 29.1 Å². The Morgan fingerprint density at radius 1 is 0.909 bits per heavy atom. The van der Waals surface area contributed by atoms with E-state index in [4.69, 9.17) is 0 Å². The summed E-state index contributed by atoms with van der Waals surface area (Å²) >= 11 is 0. The number of aliphatic hydroxyl groups is 1. The van der Waals surface area contributed by atoms with Gasteiger partial charge >= 0.3 is 0 Å². The summed E-state index contributed by atoms with van der Waals surface area (Å²) < 4.78 is 0. The molecule has 0 aliphatic heterocycles. The van der Waals surface area contributed by atoms with E-state index in [0.717, 1.165) is 49.9 Å². The summed E-state index contributed by atoms with van der Waals surface area (Å²) in [6, 6.07) is 0. The van der Waals surface area contributed by atoms with E-state index >= 15 is 0 Å². The molecule has 2 nitrogen and oxygen atoms in total. The monoisotopic (exact) mass is 343 g/mol. The summed E-state index contributed by atoms with van der Waals surface area (Å²) in [6.07, 6.45) is 14.9. The quantitative estimate of drug-likeness (QED) is 0.454. The first-order valence-corrected chi connectivity index (χ1v) is 9.10. The van der Waals surface area contributed by atoms with Crippen molar-refractivity contribution in [2.75, 3.05) is 0 Å². The van der Waals surface area contributed by atoms with Gasteiger partial charge in [-0.3, -0.25) is 4.79 Å². The molecule has 5 fully saturated rings. The normalized spacial score (nSPS) is 41.3. The van der Waals surface area contributed by atoms with E-state index in [9.17, 15) is 9.90 Å². The Labute approximate surface area is 144 Å². The van der Waals surface area contributed by atoms with Gasteiger partial charge in [0.25, 0.3) is 0 Å². The van der Waals surface area contributed by atoms with Crippen molar-refractivity contribution < 1.29 is 27.0 Å². The van der Waals surface area contributed by atoms with E-state index < -0.39 is 0 Å². The topological polar surface area (TPSA) is 37.3 Å². The zero-order valence-corrected chi connectivity index (χ0v) is 14.6. The number of aliphatic hydroxyl groups excluding tert-OH is 1. The molecule has 1 radical (unpaired) electrons. The largest absolute Gasteiger partial charge is 0.512 e. The molecular formula is C19H28MnO2. The number of hydrogen-bond acceptors (Lipinski definition) is 2. The second kappa shape index (κ2) is 6.32. The molecule has 0 amide bonds. The SMILES string of the molecule is O=C(/C=C(\O)C12CC3CC(CC(C3)C1)C2)C1CCCCC1.[Mn]. The maximum atomic E-state index is 12.5. The van der Waals surface area contributed by atoms with Crippen LogP contribution in [0.1, 0.15) is 70.6 Å². The van der Waals surface area contributed by atoms with Crippen molar-refractivity contribution in [1.82, 2.24) is 0 Å². The van der Waals surface area contributed by atoms with Crippen molar-refractivity contribution in [3.63, 3.8) is 0 Å². The summed E-state index contributed by atoms with van der Waals surface area (Å²) in [4.78, 5) is 12.5. The van der Waals surface area contributed by atoms with Crippen LogP contribution in [0.25, 0.3) is 0 Å². The van der Waals surface area contributed by atoms with Gasteiger partial charge in [0, 0.05) is 34.5 Å². The summed E-state index contributed by atoms with van der Waals surface area (Å²) in [5.41, 5.74) is -0.0148. The molecule has 0 aromatic carbocycles. The zero-order chi connectivity index (χ0) is 14.4. The van der Waals surface area contributed by atoms with Gasteiger partial charge in [-0.15, -0.1) is 0 Å². The van der Waals surface area contributed by atoms with Gasteiger partial charge in [-0.05, 0) is 69.1 Å². The van der Waals surface area contributed by atoms with Crippen LogP contribution in [0.15, 0.2) is 11.8 Å². The van der Waals surface area contributed by atoms with E-state index in [1.165, 1.54) is 38.5 Å². The van der Waals surface area contributed by atoms with Crippen molar-refractivity contribution in [3.8, 4) is 0 Å². The van der Waals surface area contributed by atoms with Crippen LogP contribution in [0.2, 0.25) is 0 Å². The van der Waals surface area contributed by atoms with E-state index in [1.807, 2.05) is 0 Å². The number of rotatable bonds is 3. The summed E-state index contributed by atoms with van der Waals surface area (Å²) in [5, 5.41) is 10.8. The molecule has 0 heterocycles. The first-order chi connectivity index (χ1) is 10.1. The molecule has 3 heteroatoms. The summed E-state index contributed by atoms with van der Waals surface area (Å²) in [6.45, 7) is 0. The average molecular weight is 343 g/mol. The van der Waals surface area contributed by atoms with E-state index in [0.29, 0.717) is 5.76 Å². The third-order valence-corrected chi connectivity index (χ3v) is 6.87. The summed E-state index contributed by atoms with van der Waals surface area (Å²) in [5.74, 6) is 3.31. The standard InChI is InChI=1S/C19H28O2.Mn/c20-17(16-4-2-1-3-5-16)9-18(21)19-10-13-6-14(11-19)8-15(7-13)12-19;/h9,13-16,21H,1-8,10-12H2;/b18-9-;. The molecule has 0 atom stereocenters. The first-order valence-electron chi connectivity index (χ1n) is 9.10. The Bertz CT molecular complexity index is 427. The van der Waals surface area contributed by atoms with Gasteiger partial charge in [-0.25, -0.2) is 0 Å². The molecule has 5 rings (SSSR count). The minimum absolute atomic E-state index is 0. The van der Waals surface area contributed by atoms with Crippen molar-refractivity contribution in [2.45, 2.75) is 70.6 Å². The molecule has 5 saturated carbocycles. The van der Waals surface area contributed by atoms with E-state index in [2.05, 4.69) is 0 Å². The molecule has 5 aliphatic carbocycles. The Balaban J connectivity index is 0.00000144. The summed E-state index contributed by atoms with van der Waals surface area (Å²) in [7, 11) is 0. The van der Waals surface area contributed by atoms with Crippen molar-refractivity contribution >= 4 is 5.78 Å². The fourth-order valence-electron chi connectivity index (χ4n) is 6.22. The molecular weight excluding hydrogens is 315 g/mol. The van der Waals surface area contributed by atoms with Crippen LogP contribution in [0.5, 0.6) is 0 Å². The molecule has 1 N–H and O–H groups in total. The second-order valence-corrected chi connectivity index (χ2v) is 8.46. The Morgan fingerprint density at radius 2 is 1.41 bits per heavy atom. The van der Waals surface area contributed by atoms with Crippen molar-refractivity contribution in [3.05, 3.63) is 11.8 Å². The van der Waals surface area contributed by atoms with Gasteiger partial charge in [0.05, 0.1) is 0 Å². The van der Waals surface area contributed by atoms with Gasteiger partial charge in [-0.2, -0.15) is 0 Å². The minimum atomic E-state index is -0.0148. The molecule has 22 heavy (non-hydrogen) atoms. The predicted octanol–water partition coefficient (Wildman–Crippen LogP) is 4.79. The maximum absolute atomic E-state index is 12.5. The van der Waals surface area contributed by atoms with Crippen LogP contribution in [0.4, 0.5) is 0 Å². The molecule has 0 aromatic rings. The molecule has 123 valence electrons. The van der Waals surface area contributed by atoms with Crippen LogP contribution in [0, 0.1) is 29.1 Å². The van der Waals surface area contributed by atoms with Gasteiger partial charge < -0.3 is 5.11 Å². The minimum Gasteiger partial charge on any atom is -0.512 e. The average Bonchev–Trinajstić information content (AvgIpc) is 2.46. The molecule has 4 bridgehead atoms. The van der Waals surface area contributed by atoms with Crippen LogP contribution < -0.4 is 0 Å². The molecule has 0 aromatic heterocycles. The van der Waals surface area contributed by atoms with Gasteiger partial charge in [0.15, 0.2) is 5.78 Å². The fraction of sp³-hybridized carbons (Fsp3) is 0.842. The van der Waals surface area contributed by atoms with E-state index in [1.54, 1.807) is 6.08 Å². The number of ketones is 1. The van der Waals surface area contributed by atoms with Crippen LogP contribution in [-0.4, -0.2) is 10.9 Å². The Morgan fingerprint density at radius 3 is 1.91 bits per heavy atom. The smallest absolute Gasteiger partial charge is 0.162 e. The predicted molar refractivity (Wildman–Crippen MR) is 82.9 cm³/mol. The molecule has 0 unspecified atom stereocenters. The maximum Gasteiger partial charge on any atom is 0.162 e. The number of carbonyl (C=O) groups excluding carboxylic acids is 1. The fourth-order valence-corrected chi connectivity index (χ4v) is 6.22.